The molecule has 39 heavy (non-hydrogen) atoms. The number of hydrogen-bond donors (Lipinski definition) is 1. The second-order valence-electron chi connectivity index (χ2n) is 8.05. The normalized spacial score (nSPS) is 11.3. The minimum atomic E-state index is -3.20. The van der Waals surface area contributed by atoms with Gasteiger partial charge in [-0.2, -0.15) is 5.10 Å². The van der Waals surface area contributed by atoms with E-state index in [4.69, 9.17) is 32.4 Å². The van der Waals surface area contributed by atoms with Gasteiger partial charge in [-0.15, -0.1) is 0 Å². The smallest absolute Gasteiger partial charge is 0.291 e. The van der Waals surface area contributed by atoms with Gasteiger partial charge in [0.2, 0.25) is 0 Å². The molecule has 0 spiro atoms. The fourth-order valence-electron chi connectivity index (χ4n) is 3.54. The first-order chi connectivity index (χ1) is 18.4. The van der Waals surface area contributed by atoms with E-state index in [0.717, 1.165) is 12.1 Å². The first-order valence-electron chi connectivity index (χ1n) is 10.9. The number of alkyl halides is 4. The van der Waals surface area contributed by atoms with Gasteiger partial charge in [0.1, 0.15) is 28.6 Å². The highest BCUT2D eigenvalue weighted by Gasteiger charge is 2.28. The van der Waals surface area contributed by atoms with Crippen molar-refractivity contribution < 1.29 is 36.4 Å². The van der Waals surface area contributed by atoms with Crippen LogP contribution >= 0.6 is 23.2 Å². The molecule has 204 valence electrons. The maximum atomic E-state index is 13.4. The van der Waals surface area contributed by atoms with E-state index >= 15 is 0 Å². The molecule has 2 heterocycles. The Morgan fingerprint density at radius 3 is 2.51 bits per heavy atom. The predicted molar refractivity (Wildman–Crippen MR) is 132 cm³/mol. The molecule has 0 fully saturated rings. The lowest BCUT2D eigenvalue weighted by Crippen LogP contribution is -2.11. The number of non-ortho nitro benzene ring substituents is 1. The van der Waals surface area contributed by atoms with Gasteiger partial charge in [0.25, 0.3) is 24.4 Å². The van der Waals surface area contributed by atoms with Crippen molar-refractivity contribution in [3.8, 4) is 11.5 Å². The molecule has 2 aromatic carbocycles. The highest BCUT2D eigenvalue weighted by Crippen LogP contribution is 2.35. The topological polar surface area (TPSA) is 112 Å². The average Bonchev–Trinajstić information content (AvgIpc) is 3.45. The summed E-state index contributed by atoms with van der Waals surface area (Å²) in [5.41, 5.74) is -1.64. The maximum Gasteiger partial charge on any atom is 0.291 e. The van der Waals surface area contributed by atoms with Crippen LogP contribution in [-0.2, 0) is 6.54 Å². The van der Waals surface area contributed by atoms with Crippen LogP contribution in [0.25, 0.3) is 0 Å². The summed E-state index contributed by atoms with van der Waals surface area (Å²) in [6.45, 7) is 1.21. The quantitative estimate of drug-likeness (QED) is 0.121. The summed E-state index contributed by atoms with van der Waals surface area (Å²) in [7, 11) is 0. The summed E-state index contributed by atoms with van der Waals surface area (Å²) in [6.07, 6.45) is -6.38. The lowest BCUT2D eigenvalue weighted by atomic mass is 10.2. The molecule has 1 N–H and O–H groups in total. The van der Waals surface area contributed by atoms with Crippen LogP contribution in [0.4, 0.5) is 28.9 Å². The Morgan fingerprint density at radius 1 is 1.13 bits per heavy atom. The van der Waals surface area contributed by atoms with Gasteiger partial charge >= 0.3 is 0 Å². The maximum absolute atomic E-state index is 13.4. The Hall–Kier alpha value is -4.10. The van der Waals surface area contributed by atoms with Crippen molar-refractivity contribution in [1.82, 2.24) is 9.78 Å². The number of ether oxygens (including phenoxy) is 1. The molecular formula is C24H16Cl2F4N4O5. The number of nitro groups is 1. The average molecular weight is 587 g/mol. The van der Waals surface area contributed by atoms with Crippen molar-refractivity contribution in [1.29, 1.82) is 0 Å². The number of hydrogen-bond acceptors (Lipinski definition) is 6. The molecule has 2 aromatic heterocycles. The van der Waals surface area contributed by atoms with E-state index in [-0.39, 0.29) is 28.6 Å². The van der Waals surface area contributed by atoms with E-state index in [0.29, 0.717) is 21.0 Å². The van der Waals surface area contributed by atoms with E-state index in [2.05, 4.69) is 10.4 Å². The van der Waals surface area contributed by atoms with Crippen molar-refractivity contribution >= 4 is 40.5 Å². The highest BCUT2D eigenvalue weighted by atomic mass is 35.5. The summed E-state index contributed by atoms with van der Waals surface area (Å²) in [5.74, 6) is -0.766. The standard InChI is InChI=1S/C24H16Cl2F4N4O5/c1-11-6-12(25)2-4-17(11)39-16-8-13(7-14(9-16)34(36)37)31-24(35)18-5-3-15(38-18)10-33-21(23(29)30)19(26)20(32-33)22(27)28/h2-9,22-23H,10H2,1H3,(H,31,35). The third-order valence-corrected chi connectivity index (χ3v) is 5.91. The number of aryl methyl sites for hydroxylation is 1. The molecule has 0 atom stereocenters. The number of nitrogens with one attached hydrogen (secondary N) is 1. The Bertz CT molecular complexity index is 1560. The zero-order valence-electron chi connectivity index (χ0n) is 19.6. The van der Waals surface area contributed by atoms with Crippen molar-refractivity contribution in [3.05, 3.63) is 97.2 Å². The molecule has 0 aliphatic heterocycles. The first kappa shape index (κ1) is 27.9. The minimum Gasteiger partial charge on any atom is -0.457 e. The van der Waals surface area contributed by atoms with Gasteiger partial charge in [0.05, 0.1) is 28.2 Å². The zero-order valence-corrected chi connectivity index (χ0v) is 21.1. The largest absolute Gasteiger partial charge is 0.457 e. The molecule has 0 unspecified atom stereocenters. The van der Waals surface area contributed by atoms with Crippen molar-refractivity contribution in [3.63, 3.8) is 0 Å². The monoisotopic (exact) mass is 586 g/mol. The molecule has 1 amide bonds. The van der Waals surface area contributed by atoms with E-state index in [9.17, 15) is 32.5 Å². The number of carbonyl (C=O) groups is 1. The molecule has 9 nitrogen and oxygen atoms in total. The molecule has 0 aliphatic rings. The van der Waals surface area contributed by atoms with Crippen LogP contribution in [-0.4, -0.2) is 20.6 Å². The molecule has 0 saturated carbocycles. The highest BCUT2D eigenvalue weighted by molar-refractivity contribution is 6.32. The number of carbonyl (C=O) groups excluding carboxylic acids is 1. The third kappa shape index (κ3) is 6.32. The van der Waals surface area contributed by atoms with Crippen LogP contribution < -0.4 is 10.1 Å². The van der Waals surface area contributed by atoms with Crippen LogP contribution in [0.1, 0.15) is 46.1 Å². The molecule has 0 saturated heterocycles. The van der Waals surface area contributed by atoms with E-state index in [1.807, 2.05) is 0 Å². The summed E-state index contributed by atoms with van der Waals surface area (Å²) in [5, 5.41) is 16.9. The number of amides is 1. The number of rotatable bonds is 9. The molecule has 15 heteroatoms. The number of aromatic nitrogens is 2. The van der Waals surface area contributed by atoms with E-state index < -0.39 is 46.6 Å². The lowest BCUT2D eigenvalue weighted by molar-refractivity contribution is -0.384. The summed E-state index contributed by atoms with van der Waals surface area (Å²) in [6, 6.07) is 10.9. The fraction of sp³-hybridized carbons (Fsp3) is 0.167. The van der Waals surface area contributed by atoms with Gasteiger partial charge in [-0.05, 0) is 42.8 Å². The Labute approximate surface area is 227 Å². The first-order valence-corrected chi connectivity index (χ1v) is 11.6. The molecule has 0 aliphatic carbocycles. The van der Waals surface area contributed by atoms with Gasteiger partial charge in [-0.1, -0.05) is 23.2 Å². The SMILES string of the molecule is Cc1cc(Cl)ccc1Oc1cc(NC(=O)c2ccc(Cn3nc(C(F)F)c(Cl)c3C(F)F)o2)cc([N+](=O)[O-])c1. The number of anilines is 1. The van der Waals surface area contributed by atoms with Crippen LogP contribution in [0.15, 0.2) is 52.9 Å². The summed E-state index contributed by atoms with van der Waals surface area (Å²) in [4.78, 5) is 23.5. The van der Waals surface area contributed by atoms with Gasteiger partial charge in [0.15, 0.2) is 5.76 Å². The number of nitro benzene ring substituents is 1. The molecule has 4 rings (SSSR count). The predicted octanol–water partition coefficient (Wildman–Crippen LogP) is 7.97. The minimum absolute atomic E-state index is 0.00538. The summed E-state index contributed by atoms with van der Waals surface area (Å²) >= 11 is 11.6. The van der Waals surface area contributed by atoms with Gasteiger partial charge in [-0.3, -0.25) is 19.6 Å². The zero-order chi connectivity index (χ0) is 28.4. The Kier molecular flexibility index (Phi) is 8.11. The summed E-state index contributed by atoms with van der Waals surface area (Å²) < 4.78 is 64.6. The Balaban J connectivity index is 1.55. The van der Waals surface area contributed by atoms with Gasteiger partial charge in [0, 0.05) is 17.2 Å². The third-order valence-electron chi connectivity index (χ3n) is 5.29. The molecule has 4 aromatic rings. The van der Waals surface area contributed by atoms with Gasteiger partial charge < -0.3 is 14.5 Å². The fourth-order valence-corrected chi connectivity index (χ4v) is 4.07. The van der Waals surface area contributed by atoms with E-state index in [1.165, 1.54) is 18.2 Å². The van der Waals surface area contributed by atoms with E-state index in [1.54, 1.807) is 25.1 Å². The second-order valence-corrected chi connectivity index (χ2v) is 8.86. The molecule has 0 bridgehead atoms. The van der Waals surface area contributed by atoms with Crippen LogP contribution in [0.5, 0.6) is 11.5 Å². The Morgan fingerprint density at radius 2 is 1.87 bits per heavy atom. The van der Waals surface area contributed by atoms with Crippen LogP contribution in [0.3, 0.4) is 0 Å². The molecule has 0 radical (unpaired) electrons. The van der Waals surface area contributed by atoms with Crippen LogP contribution in [0, 0.1) is 17.0 Å². The number of benzene rings is 2. The van der Waals surface area contributed by atoms with Gasteiger partial charge in [-0.25, -0.2) is 17.6 Å². The second kappa shape index (κ2) is 11.3. The van der Waals surface area contributed by atoms with Crippen molar-refractivity contribution in [2.75, 3.05) is 5.32 Å². The number of furan rings is 1. The van der Waals surface area contributed by atoms with Crippen LogP contribution in [0.2, 0.25) is 10.0 Å². The number of nitrogens with zero attached hydrogens (tertiary/aromatic N) is 3. The van der Waals surface area contributed by atoms with Crippen molar-refractivity contribution in [2.45, 2.75) is 26.3 Å². The van der Waals surface area contributed by atoms with Crippen molar-refractivity contribution in [2.24, 2.45) is 0 Å². The number of halogens is 6. The lowest BCUT2D eigenvalue weighted by Gasteiger charge is -2.11. The molecular weight excluding hydrogens is 571 g/mol.